The second-order valence-electron chi connectivity index (χ2n) is 7.60. The molecule has 4 aromatic rings. The van der Waals surface area contributed by atoms with E-state index in [0.29, 0.717) is 10.6 Å². The van der Waals surface area contributed by atoms with Gasteiger partial charge in [0.1, 0.15) is 16.9 Å². The third-order valence-electron chi connectivity index (χ3n) is 5.00. The maximum atomic E-state index is 13.4. The van der Waals surface area contributed by atoms with Crippen molar-refractivity contribution < 1.29 is 23.3 Å². The number of rotatable bonds is 10. The fraction of sp³-hybridized carbons (Fsp3) is 0.167. The van der Waals surface area contributed by atoms with Gasteiger partial charge >= 0.3 is 0 Å². The minimum absolute atomic E-state index is 0.0436. The van der Waals surface area contributed by atoms with Crippen LogP contribution in [0.4, 0.5) is 4.39 Å². The summed E-state index contributed by atoms with van der Waals surface area (Å²) in [5.41, 5.74) is 1.15. The van der Waals surface area contributed by atoms with Gasteiger partial charge < -0.3 is 15.2 Å². The van der Waals surface area contributed by atoms with Gasteiger partial charge in [-0.1, -0.05) is 47.1 Å². The number of carbonyl (C=O) groups is 3. The van der Waals surface area contributed by atoms with Crippen molar-refractivity contribution in [2.45, 2.75) is 25.4 Å². The molecule has 184 valence electrons. The summed E-state index contributed by atoms with van der Waals surface area (Å²) < 4.78 is 18.5. The Morgan fingerprint density at radius 2 is 1.94 bits per heavy atom. The molecule has 0 saturated heterocycles. The summed E-state index contributed by atoms with van der Waals surface area (Å²) >= 11 is 7.13. The number of carbonyl (C=O) groups excluding carboxylic acids is 3. The summed E-state index contributed by atoms with van der Waals surface area (Å²) in [5.74, 6) is -2.70. The Morgan fingerprint density at radius 3 is 2.67 bits per heavy atom. The number of hydrogen-bond acceptors (Lipinski definition) is 8. The number of aromatic nitrogens is 3. The standard InChI is InChI=1S/C24H19ClFN5O4S/c25-16-11-15(6-7-17(16)26)24-30-19(31-35-24)12-20(32)29-18(10-14-4-2-1-3-5-14)22(33)23(34)28-13-21-27-8-9-36-21/h1-9,11,18H,10,12-13H2,(H,28,34)(H,29,32)/t18-/m1/s1. The summed E-state index contributed by atoms with van der Waals surface area (Å²) in [4.78, 5) is 46.3. The Kier molecular flexibility index (Phi) is 8.13. The molecule has 2 amide bonds. The first-order valence-corrected chi connectivity index (χ1v) is 12.0. The van der Waals surface area contributed by atoms with E-state index in [0.717, 1.165) is 11.6 Å². The zero-order chi connectivity index (χ0) is 25.5. The van der Waals surface area contributed by atoms with Crippen LogP contribution in [-0.4, -0.2) is 38.8 Å². The van der Waals surface area contributed by atoms with Crippen molar-refractivity contribution in [1.82, 2.24) is 25.8 Å². The van der Waals surface area contributed by atoms with E-state index in [9.17, 15) is 18.8 Å². The minimum Gasteiger partial charge on any atom is -0.345 e. The lowest BCUT2D eigenvalue weighted by Crippen LogP contribution is -2.49. The highest BCUT2D eigenvalue weighted by Crippen LogP contribution is 2.23. The third-order valence-corrected chi connectivity index (χ3v) is 6.06. The third kappa shape index (κ3) is 6.58. The van der Waals surface area contributed by atoms with Crippen LogP contribution in [-0.2, 0) is 33.8 Å². The van der Waals surface area contributed by atoms with Crippen LogP contribution in [0.2, 0.25) is 5.02 Å². The van der Waals surface area contributed by atoms with Crippen LogP contribution in [0.15, 0.2) is 64.6 Å². The Balaban J connectivity index is 1.43. The number of benzene rings is 2. The predicted molar refractivity (Wildman–Crippen MR) is 129 cm³/mol. The van der Waals surface area contributed by atoms with Crippen molar-refractivity contribution in [3.05, 3.63) is 87.3 Å². The molecule has 0 aliphatic rings. The van der Waals surface area contributed by atoms with E-state index in [1.54, 1.807) is 35.8 Å². The number of thiazole rings is 1. The van der Waals surface area contributed by atoms with Crippen molar-refractivity contribution in [1.29, 1.82) is 0 Å². The predicted octanol–water partition coefficient (Wildman–Crippen LogP) is 3.14. The molecule has 2 N–H and O–H groups in total. The topological polar surface area (TPSA) is 127 Å². The molecule has 0 aliphatic carbocycles. The van der Waals surface area contributed by atoms with Gasteiger partial charge in [0.05, 0.1) is 18.0 Å². The summed E-state index contributed by atoms with van der Waals surface area (Å²) in [5, 5.41) is 11.2. The lowest BCUT2D eigenvalue weighted by Gasteiger charge is -2.17. The Hall–Kier alpha value is -3.96. The Labute approximate surface area is 213 Å². The number of hydrogen-bond donors (Lipinski definition) is 2. The van der Waals surface area contributed by atoms with Gasteiger partial charge in [-0.25, -0.2) is 9.37 Å². The van der Waals surface area contributed by atoms with Crippen molar-refractivity contribution in [2.24, 2.45) is 0 Å². The van der Waals surface area contributed by atoms with Gasteiger partial charge in [-0.05, 0) is 23.8 Å². The zero-order valence-corrected chi connectivity index (χ0v) is 20.2. The summed E-state index contributed by atoms with van der Waals surface area (Å²) in [6.45, 7) is 0.104. The fourth-order valence-electron chi connectivity index (χ4n) is 3.26. The quantitative estimate of drug-likeness (QED) is 0.303. The molecule has 0 aliphatic heterocycles. The van der Waals surface area contributed by atoms with Crippen LogP contribution in [0.3, 0.4) is 0 Å². The first-order valence-electron chi connectivity index (χ1n) is 10.7. The number of Topliss-reactive ketones (excluding diaryl/α,β-unsaturated/α-hetero) is 1. The van der Waals surface area contributed by atoms with Gasteiger partial charge in [0.2, 0.25) is 11.7 Å². The van der Waals surface area contributed by atoms with E-state index in [2.05, 4.69) is 25.8 Å². The highest BCUT2D eigenvalue weighted by atomic mass is 35.5. The van der Waals surface area contributed by atoms with Gasteiger partial charge in [0.15, 0.2) is 5.82 Å². The number of nitrogens with zero attached hydrogens (tertiary/aromatic N) is 3. The summed E-state index contributed by atoms with van der Waals surface area (Å²) in [7, 11) is 0. The number of amides is 2. The molecule has 0 radical (unpaired) electrons. The van der Waals surface area contributed by atoms with Crippen molar-refractivity contribution in [3.8, 4) is 11.5 Å². The zero-order valence-electron chi connectivity index (χ0n) is 18.6. The maximum absolute atomic E-state index is 13.4. The maximum Gasteiger partial charge on any atom is 0.289 e. The van der Waals surface area contributed by atoms with Crippen molar-refractivity contribution >= 4 is 40.5 Å². The average molecular weight is 528 g/mol. The average Bonchev–Trinajstić information content (AvgIpc) is 3.56. The molecule has 0 bridgehead atoms. The second-order valence-corrected chi connectivity index (χ2v) is 8.99. The smallest absolute Gasteiger partial charge is 0.289 e. The molecular formula is C24H19ClFN5O4S. The second kappa shape index (κ2) is 11.6. The van der Waals surface area contributed by atoms with Gasteiger partial charge in [-0.2, -0.15) is 4.98 Å². The molecule has 2 aromatic carbocycles. The molecule has 0 unspecified atom stereocenters. The van der Waals surface area contributed by atoms with Crippen LogP contribution in [0, 0.1) is 5.82 Å². The molecule has 0 fully saturated rings. The van der Waals surface area contributed by atoms with Gasteiger partial charge in [-0.3, -0.25) is 14.4 Å². The lowest BCUT2D eigenvalue weighted by molar-refractivity contribution is -0.140. The first kappa shape index (κ1) is 25.1. The monoisotopic (exact) mass is 527 g/mol. The van der Waals surface area contributed by atoms with Crippen LogP contribution < -0.4 is 10.6 Å². The molecule has 12 heteroatoms. The largest absolute Gasteiger partial charge is 0.345 e. The van der Waals surface area contributed by atoms with E-state index in [-0.39, 0.29) is 36.1 Å². The van der Waals surface area contributed by atoms with Gasteiger partial charge in [0, 0.05) is 23.6 Å². The summed E-state index contributed by atoms with van der Waals surface area (Å²) in [6.07, 6.45) is 1.40. The van der Waals surface area contributed by atoms with Gasteiger partial charge in [-0.15, -0.1) is 11.3 Å². The molecule has 1 atom stereocenters. The van der Waals surface area contributed by atoms with E-state index in [1.807, 2.05) is 6.07 Å². The van der Waals surface area contributed by atoms with Crippen LogP contribution >= 0.6 is 22.9 Å². The molecule has 2 heterocycles. The summed E-state index contributed by atoms with van der Waals surface area (Å²) in [6, 6.07) is 11.8. The normalized spacial score (nSPS) is 11.6. The van der Waals surface area contributed by atoms with E-state index < -0.39 is 29.5 Å². The molecule has 36 heavy (non-hydrogen) atoms. The van der Waals surface area contributed by atoms with E-state index in [4.69, 9.17) is 16.1 Å². The Morgan fingerprint density at radius 1 is 1.14 bits per heavy atom. The Bertz CT molecular complexity index is 1360. The highest BCUT2D eigenvalue weighted by Gasteiger charge is 2.28. The number of nitrogens with one attached hydrogen (secondary N) is 2. The lowest BCUT2D eigenvalue weighted by atomic mass is 10.0. The SMILES string of the molecule is O=C(Cc1noc(-c2ccc(F)c(Cl)c2)n1)N[C@H](Cc1ccccc1)C(=O)C(=O)NCc1nccs1. The van der Waals surface area contributed by atoms with Crippen LogP contribution in [0.25, 0.3) is 11.5 Å². The van der Waals surface area contributed by atoms with Crippen LogP contribution in [0.1, 0.15) is 16.4 Å². The fourth-order valence-corrected chi connectivity index (χ4v) is 4.00. The van der Waals surface area contributed by atoms with Crippen molar-refractivity contribution in [2.75, 3.05) is 0 Å². The highest BCUT2D eigenvalue weighted by molar-refractivity contribution is 7.09. The molecule has 4 rings (SSSR count). The van der Waals surface area contributed by atoms with E-state index >= 15 is 0 Å². The van der Waals surface area contributed by atoms with Gasteiger partial charge in [0.25, 0.3) is 11.8 Å². The number of ketones is 1. The minimum atomic E-state index is -1.11. The molecule has 0 saturated carbocycles. The molecule has 9 nitrogen and oxygen atoms in total. The van der Waals surface area contributed by atoms with Crippen LogP contribution in [0.5, 0.6) is 0 Å². The van der Waals surface area contributed by atoms with Crippen molar-refractivity contribution in [3.63, 3.8) is 0 Å². The van der Waals surface area contributed by atoms with E-state index in [1.165, 1.54) is 23.5 Å². The first-order chi connectivity index (χ1) is 17.4. The molecule has 2 aromatic heterocycles. The molecule has 0 spiro atoms. The molecular weight excluding hydrogens is 509 g/mol. The number of halogens is 2.